The summed E-state index contributed by atoms with van der Waals surface area (Å²) < 4.78 is 3.96. The molecule has 10 heteroatoms. The van der Waals surface area contributed by atoms with Crippen molar-refractivity contribution in [3.8, 4) is 5.75 Å². The fraction of sp³-hybridized carbons (Fsp3) is 0.457. The quantitative estimate of drug-likeness (QED) is 0.289. The Balaban J connectivity index is 1.43. The molecular formula is C35H40ClN3O5S. The van der Waals surface area contributed by atoms with Gasteiger partial charge in [0.2, 0.25) is 11.8 Å². The van der Waals surface area contributed by atoms with E-state index >= 15 is 0 Å². The highest BCUT2D eigenvalue weighted by molar-refractivity contribution is 8.02. The van der Waals surface area contributed by atoms with Crippen molar-refractivity contribution in [2.45, 2.75) is 55.6 Å². The molecule has 1 N–H and O–H groups in total. The van der Waals surface area contributed by atoms with Crippen molar-refractivity contribution in [2.24, 2.45) is 11.8 Å². The first-order valence-corrected chi connectivity index (χ1v) is 16.9. The van der Waals surface area contributed by atoms with Crippen molar-refractivity contribution in [2.75, 3.05) is 42.6 Å². The highest BCUT2D eigenvalue weighted by Crippen LogP contribution is 2.65. The molecule has 1 unspecified atom stereocenters. The molecule has 4 aliphatic rings. The lowest BCUT2D eigenvalue weighted by Gasteiger charge is -2.37. The molecule has 4 heterocycles. The van der Waals surface area contributed by atoms with Gasteiger partial charge in [-0.05, 0) is 75.9 Å². The molecule has 0 bridgehead atoms. The topological polar surface area (TPSA) is 90.4 Å². The van der Waals surface area contributed by atoms with E-state index in [-0.39, 0.29) is 24.3 Å². The third kappa shape index (κ3) is 5.26. The number of fused-ring (bicyclic) bond motifs is 2. The minimum Gasteiger partial charge on any atom is -0.494 e. The minimum absolute atomic E-state index is 0.0731. The molecule has 0 aromatic heterocycles. The number of carbonyl (C=O) groups excluding carboxylic acids is 3. The average Bonchev–Trinajstić information content (AvgIpc) is 3.28. The number of aliphatic hydroxyl groups excluding tert-OH is 1. The maximum atomic E-state index is 14.8. The van der Waals surface area contributed by atoms with Gasteiger partial charge in [-0.15, -0.1) is 11.8 Å². The number of carbonyl (C=O) groups is 3. The van der Waals surface area contributed by atoms with E-state index in [4.69, 9.17) is 16.3 Å². The van der Waals surface area contributed by atoms with Gasteiger partial charge in [0.1, 0.15) is 11.8 Å². The largest absolute Gasteiger partial charge is 0.494 e. The van der Waals surface area contributed by atoms with Gasteiger partial charge in [0, 0.05) is 36.7 Å². The maximum absolute atomic E-state index is 14.8. The zero-order chi connectivity index (χ0) is 31.9. The zero-order valence-corrected chi connectivity index (χ0v) is 27.5. The van der Waals surface area contributed by atoms with Crippen LogP contribution in [0.1, 0.15) is 38.7 Å². The van der Waals surface area contributed by atoms with Gasteiger partial charge in [0.15, 0.2) is 0 Å². The van der Waals surface area contributed by atoms with Gasteiger partial charge in [-0.3, -0.25) is 14.4 Å². The Labute approximate surface area is 274 Å². The molecule has 238 valence electrons. The normalized spacial score (nSPS) is 29.0. The van der Waals surface area contributed by atoms with E-state index in [1.165, 1.54) is 0 Å². The Bertz CT molecular complexity index is 1530. The van der Waals surface area contributed by atoms with Crippen molar-refractivity contribution in [3.63, 3.8) is 0 Å². The number of amides is 3. The number of benzene rings is 2. The van der Waals surface area contributed by atoms with Gasteiger partial charge in [0.25, 0.3) is 5.91 Å². The predicted octanol–water partition coefficient (Wildman–Crippen LogP) is 5.40. The van der Waals surface area contributed by atoms with Crippen LogP contribution in [0, 0.1) is 18.8 Å². The summed E-state index contributed by atoms with van der Waals surface area (Å²) in [5.41, 5.74) is 2.25. The summed E-state index contributed by atoms with van der Waals surface area (Å²) in [5.74, 6) is -1.18. The second kappa shape index (κ2) is 12.5. The fourth-order valence-electron chi connectivity index (χ4n) is 7.62. The number of aryl methyl sites for hydroxylation is 1. The van der Waals surface area contributed by atoms with E-state index in [1.54, 1.807) is 32.5 Å². The summed E-state index contributed by atoms with van der Waals surface area (Å²) >= 11 is 8.26. The molecule has 3 amide bonds. The van der Waals surface area contributed by atoms with Crippen LogP contribution in [0.4, 0.5) is 11.4 Å². The maximum Gasteiger partial charge on any atom is 0.251 e. The molecule has 0 radical (unpaired) electrons. The van der Waals surface area contributed by atoms with Crippen LogP contribution in [-0.2, 0) is 14.4 Å². The minimum atomic E-state index is -0.948. The molecular weight excluding hydrogens is 610 g/mol. The van der Waals surface area contributed by atoms with E-state index < -0.39 is 27.4 Å². The summed E-state index contributed by atoms with van der Waals surface area (Å²) in [4.78, 5) is 49.3. The molecule has 0 saturated carbocycles. The number of ether oxygens (including phenoxy) is 1. The van der Waals surface area contributed by atoms with Crippen molar-refractivity contribution < 1.29 is 24.2 Å². The van der Waals surface area contributed by atoms with Crippen molar-refractivity contribution >= 4 is 52.5 Å². The van der Waals surface area contributed by atoms with E-state index in [9.17, 15) is 19.5 Å². The summed E-state index contributed by atoms with van der Waals surface area (Å²) in [7, 11) is 0. The number of hydrogen-bond donors (Lipinski definition) is 1. The Morgan fingerprint density at radius 3 is 2.38 bits per heavy atom. The summed E-state index contributed by atoms with van der Waals surface area (Å²) in [6, 6.07) is 12.2. The van der Waals surface area contributed by atoms with Crippen LogP contribution in [0.2, 0.25) is 5.02 Å². The molecule has 5 atom stereocenters. The lowest BCUT2D eigenvalue weighted by Crippen LogP contribution is -2.53. The highest BCUT2D eigenvalue weighted by Gasteiger charge is 2.74. The Morgan fingerprint density at radius 1 is 0.933 bits per heavy atom. The predicted molar refractivity (Wildman–Crippen MR) is 179 cm³/mol. The van der Waals surface area contributed by atoms with Gasteiger partial charge >= 0.3 is 0 Å². The highest BCUT2D eigenvalue weighted by atomic mass is 35.5. The standard InChI is InChI=1S/C35H40ClN3O5S/c1-4-44-25-15-13-24(14-16-25)37-20-9-17-34(3)27(31(37)41)28-32(42)39(19-6-5-7-22-40)30-33(43)38(21-10-18-35(28,30)45-34)29-23(2)11-8-12-26(29)36/h8-18,27-28,30,40H,4-7,19-22H2,1-3H3/t27-,28-,30?,34+,35-/m0/s1. The van der Waals surface area contributed by atoms with Crippen molar-refractivity contribution in [1.29, 1.82) is 0 Å². The van der Waals surface area contributed by atoms with Crippen LogP contribution < -0.4 is 14.5 Å². The first-order valence-electron chi connectivity index (χ1n) is 15.7. The smallest absolute Gasteiger partial charge is 0.251 e. The lowest BCUT2D eigenvalue weighted by molar-refractivity contribution is -0.139. The van der Waals surface area contributed by atoms with Gasteiger partial charge in [-0.2, -0.15) is 0 Å². The second-order valence-electron chi connectivity index (χ2n) is 12.3. The molecule has 8 nitrogen and oxygen atoms in total. The van der Waals surface area contributed by atoms with Gasteiger partial charge in [-0.1, -0.05) is 48.0 Å². The molecule has 2 aromatic rings. The molecule has 1 spiro atoms. The summed E-state index contributed by atoms with van der Waals surface area (Å²) in [6.07, 6.45) is 10.1. The van der Waals surface area contributed by atoms with Gasteiger partial charge in [-0.25, -0.2) is 0 Å². The van der Waals surface area contributed by atoms with Crippen LogP contribution in [0.3, 0.4) is 0 Å². The number of hydrogen-bond acceptors (Lipinski definition) is 6. The number of rotatable bonds is 9. The van der Waals surface area contributed by atoms with E-state index in [1.807, 2.05) is 75.4 Å². The third-order valence-electron chi connectivity index (χ3n) is 9.53. The van der Waals surface area contributed by atoms with Gasteiger partial charge < -0.3 is 24.5 Å². The molecule has 0 aliphatic carbocycles. The number of halogens is 1. The van der Waals surface area contributed by atoms with Crippen molar-refractivity contribution in [1.82, 2.24) is 4.90 Å². The number of aliphatic hydroxyl groups is 1. The Hall–Kier alpha value is -3.27. The molecule has 6 rings (SSSR count). The van der Waals surface area contributed by atoms with Gasteiger partial charge in [0.05, 0.1) is 33.9 Å². The van der Waals surface area contributed by atoms with Crippen molar-refractivity contribution in [3.05, 3.63) is 77.4 Å². The molecule has 2 saturated heterocycles. The fourth-order valence-corrected chi connectivity index (χ4v) is 10.1. The summed E-state index contributed by atoms with van der Waals surface area (Å²) in [6.45, 7) is 7.56. The number of para-hydroxylation sites is 1. The average molecular weight is 650 g/mol. The number of likely N-dealkylation sites (tertiary alicyclic amines) is 1. The Kier molecular flexibility index (Phi) is 8.80. The summed E-state index contributed by atoms with van der Waals surface area (Å²) in [5, 5.41) is 9.85. The monoisotopic (exact) mass is 649 g/mol. The number of thioether (sulfide) groups is 1. The van der Waals surface area contributed by atoms with E-state index in [0.717, 1.165) is 23.4 Å². The lowest BCUT2D eigenvalue weighted by atomic mass is 9.74. The third-order valence-corrected chi connectivity index (χ3v) is 11.6. The molecule has 2 aromatic carbocycles. The number of unbranched alkanes of at least 4 members (excludes halogenated alkanes) is 2. The van der Waals surface area contributed by atoms with Crippen LogP contribution >= 0.6 is 23.4 Å². The van der Waals surface area contributed by atoms with Crippen LogP contribution in [0.25, 0.3) is 0 Å². The zero-order valence-electron chi connectivity index (χ0n) is 25.9. The second-order valence-corrected chi connectivity index (χ2v) is 14.5. The molecule has 45 heavy (non-hydrogen) atoms. The van der Waals surface area contributed by atoms with Crippen LogP contribution in [0.15, 0.2) is 66.8 Å². The van der Waals surface area contributed by atoms with Crippen LogP contribution in [-0.4, -0.2) is 76.1 Å². The molecule has 4 aliphatic heterocycles. The first-order chi connectivity index (χ1) is 21.7. The van der Waals surface area contributed by atoms with Crippen LogP contribution in [0.5, 0.6) is 5.75 Å². The Morgan fingerprint density at radius 2 is 1.67 bits per heavy atom. The number of nitrogens with zero attached hydrogens (tertiary/aromatic N) is 3. The molecule has 2 fully saturated rings. The SMILES string of the molecule is CCOc1ccc(N2CC=C[C@@]3(C)S[C@]45C=CCN(c6c(C)cccc6Cl)C(=O)C4N(CCCCCO)C(=O)[C@@H]5[C@H]3C2=O)cc1. The van der Waals surface area contributed by atoms with E-state index in [2.05, 4.69) is 6.08 Å². The number of anilines is 2. The van der Waals surface area contributed by atoms with E-state index in [0.29, 0.717) is 49.8 Å². The first kappa shape index (κ1) is 31.7.